The SMILES string of the molecule is CCCCc1nc2ccc(-c3nc4cc(C(F)(F)F)ccc4n3CCCC)cc2n1-c1ccc(-c2ccccc2)c(C(=O)O)c1C. The summed E-state index contributed by atoms with van der Waals surface area (Å²) < 4.78 is 44.7. The Bertz CT molecular complexity index is 2060. The number of carbonyl (C=O) groups is 1. The van der Waals surface area contributed by atoms with Gasteiger partial charge in [-0.25, -0.2) is 14.8 Å². The second-order valence-corrected chi connectivity index (χ2v) is 11.6. The average Bonchev–Trinajstić information content (AvgIpc) is 3.59. The maximum atomic E-state index is 13.6. The summed E-state index contributed by atoms with van der Waals surface area (Å²) in [5.74, 6) is 0.381. The number of alkyl halides is 3. The summed E-state index contributed by atoms with van der Waals surface area (Å²) in [5, 5.41) is 10.4. The quantitative estimate of drug-likeness (QED) is 0.165. The zero-order valence-electron chi connectivity index (χ0n) is 26.0. The molecule has 0 fully saturated rings. The highest BCUT2D eigenvalue weighted by Gasteiger charge is 2.31. The van der Waals surface area contributed by atoms with Gasteiger partial charge in [-0.05, 0) is 78.9 Å². The van der Waals surface area contributed by atoms with Crippen LogP contribution in [-0.2, 0) is 19.1 Å². The number of unbranched alkanes of at least 4 members (excludes halogenated alkanes) is 2. The van der Waals surface area contributed by atoms with Gasteiger partial charge in [0.05, 0.1) is 38.9 Å². The Morgan fingerprint density at radius 3 is 2.28 bits per heavy atom. The van der Waals surface area contributed by atoms with Gasteiger partial charge in [-0.3, -0.25) is 4.57 Å². The monoisotopic (exact) mass is 624 g/mol. The first-order chi connectivity index (χ1) is 22.1. The van der Waals surface area contributed by atoms with Crippen LogP contribution in [0.25, 0.3) is 50.3 Å². The summed E-state index contributed by atoms with van der Waals surface area (Å²) in [6, 6.07) is 22.8. The fourth-order valence-corrected chi connectivity index (χ4v) is 6.18. The van der Waals surface area contributed by atoms with Crippen LogP contribution in [0.5, 0.6) is 0 Å². The van der Waals surface area contributed by atoms with Crippen molar-refractivity contribution >= 4 is 28.0 Å². The van der Waals surface area contributed by atoms with Gasteiger partial charge < -0.3 is 9.67 Å². The van der Waals surface area contributed by atoms with E-state index < -0.39 is 17.7 Å². The van der Waals surface area contributed by atoms with Crippen molar-refractivity contribution in [2.24, 2.45) is 0 Å². The topological polar surface area (TPSA) is 72.9 Å². The Kier molecular flexibility index (Phi) is 8.42. The summed E-state index contributed by atoms with van der Waals surface area (Å²) in [7, 11) is 0. The predicted molar refractivity (Wildman–Crippen MR) is 175 cm³/mol. The van der Waals surface area contributed by atoms with E-state index in [0.29, 0.717) is 35.4 Å². The van der Waals surface area contributed by atoms with Gasteiger partial charge in [-0.15, -0.1) is 0 Å². The van der Waals surface area contributed by atoms with Gasteiger partial charge in [0.25, 0.3) is 0 Å². The summed E-state index contributed by atoms with van der Waals surface area (Å²) in [6.45, 7) is 6.61. The third-order valence-corrected chi connectivity index (χ3v) is 8.52. The molecule has 0 amide bonds. The van der Waals surface area contributed by atoms with Crippen molar-refractivity contribution in [3.8, 4) is 28.2 Å². The van der Waals surface area contributed by atoms with Crippen molar-refractivity contribution in [3.63, 3.8) is 0 Å². The Balaban J connectivity index is 1.58. The predicted octanol–water partition coefficient (Wildman–Crippen LogP) is 9.88. The van der Waals surface area contributed by atoms with E-state index in [-0.39, 0.29) is 11.1 Å². The molecule has 0 saturated heterocycles. The minimum Gasteiger partial charge on any atom is -0.478 e. The first-order valence-corrected chi connectivity index (χ1v) is 15.6. The van der Waals surface area contributed by atoms with Crippen molar-refractivity contribution in [2.45, 2.75) is 65.6 Å². The molecule has 0 aliphatic rings. The molecular weight excluding hydrogens is 589 g/mol. The molecule has 0 bridgehead atoms. The molecule has 236 valence electrons. The molecule has 2 aromatic heterocycles. The van der Waals surface area contributed by atoms with E-state index in [9.17, 15) is 23.1 Å². The number of fused-ring (bicyclic) bond motifs is 2. The van der Waals surface area contributed by atoms with Crippen molar-refractivity contribution in [1.29, 1.82) is 0 Å². The molecular formula is C37H35F3N4O2. The number of hydrogen-bond acceptors (Lipinski definition) is 3. The smallest absolute Gasteiger partial charge is 0.416 e. The van der Waals surface area contributed by atoms with E-state index >= 15 is 0 Å². The number of carboxylic acid groups (broad SMARTS) is 1. The van der Waals surface area contributed by atoms with E-state index in [1.165, 1.54) is 6.07 Å². The first-order valence-electron chi connectivity index (χ1n) is 15.6. The van der Waals surface area contributed by atoms with Gasteiger partial charge in [0.15, 0.2) is 0 Å². The van der Waals surface area contributed by atoms with Gasteiger partial charge in [0.2, 0.25) is 0 Å². The summed E-state index contributed by atoms with van der Waals surface area (Å²) in [6.07, 6.45) is -0.162. The van der Waals surface area contributed by atoms with Crippen LogP contribution in [0.1, 0.15) is 66.8 Å². The van der Waals surface area contributed by atoms with Gasteiger partial charge in [0.1, 0.15) is 11.6 Å². The number of imidazole rings is 2. The number of halogens is 3. The average molecular weight is 625 g/mol. The van der Waals surface area contributed by atoms with Gasteiger partial charge >= 0.3 is 12.1 Å². The number of aromatic carboxylic acids is 1. The highest BCUT2D eigenvalue weighted by atomic mass is 19.4. The van der Waals surface area contributed by atoms with E-state index in [1.54, 1.807) is 0 Å². The van der Waals surface area contributed by atoms with Crippen molar-refractivity contribution in [1.82, 2.24) is 19.1 Å². The molecule has 6 rings (SSSR count). The lowest BCUT2D eigenvalue weighted by molar-refractivity contribution is -0.137. The second kappa shape index (κ2) is 12.5. The van der Waals surface area contributed by atoms with Crippen LogP contribution in [0, 0.1) is 6.92 Å². The van der Waals surface area contributed by atoms with Crippen LogP contribution in [0.15, 0.2) is 78.9 Å². The summed E-state index contributed by atoms with van der Waals surface area (Å²) in [4.78, 5) is 22.4. The molecule has 4 aromatic carbocycles. The van der Waals surface area contributed by atoms with Crippen molar-refractivity contribution in [3.05, 3.63) is 101 Å². The molecule has 9 heteroatoms. The fourth-order valence-electron chi connectivity index (χ4n) is 6.18. The van der Waals surface area contributed by atoms with Crippen LogP contribution in [0.2, 0.25) is 0 Å². The summed E-state index contributed by atoms with van der Waals surface area (Å²) >= 11 is 0. The zero-order valence-corrected chi connectivity index (χ0v) is 26.0. The normalized spacial score (nSPS) is 12.0. The molecule has 0 saturated carbocycles. The third-order valence-electron chi connectivity index (χ3n) is 8.52. The molecule has 0 spiro atoms. The lowest BCUT2D eigenvalue weighted by atomic mass is 9.94. The maximum absolute atomic E-state index is 13.6. The lowest BCUT2D eigenvalue weighted by Crippen LogP contribution is -2.09. The zero-order chi connectivity index (χ0) is 32.6. The standard InChI is InChI=1S/C37H35F3N4O2/c1-4-6-13-33-41-28-17-14-25(35-42-29-22-26(37(38,39)40)15-18-31(29)43(35)20-7-5-2)21-32(28)44(33)30-19-16-27(24-11-9-8-10-12-24)34(23(30)3)36(45)46/h8-12,14-19,21-22H,4-7,13,20H2,1-3H3,(H,45,46). The molecule has 0 aliphatic heterocycles. The molecule has 6 aromatic rings. The van der Waals surface area contributed by atoms with E-state index in [4.69, 9.17) is 9.97 Å². The number of nitrogens with zero attached hydrogens (tertiary/aromatic N) is 4. The van der Waals surface area contributed by atoms with Crippen LogP contribution in [0.3, 0.4) is 0 Å². The highest BCUT2D eigenvalue weighted by molar-refractivity contribution is 5.99. The number of carboxylic acids is 1. The Labute approximate surface area is 265 Å². The van der Waals surface area contributed by atoms with Crippen LogP contribution in [-0.4, -0.2) is 30.2 Å². The van der Waals surface area contributed by atoms with Crippen LogP contribution < -0.4 is 0 Å². The number of aromatic nitrogens is 4. The van der Waals surface area contributed by atoms with Crippen LogP contribution >= 0.6 is 0 Å². The van der Waals surface area contributed by atoms with Crippen molar-refractivity contribution < 1.29 is 23.1 Å². The maximum Gasteiger partial charge on any atom is 0.416 e. The van der Waals surface area contributed by atoms with E-state index in [1.807, 2.05) is 76.7 Å². The second-order valence-electron chi connectivity index (χ2n) is 11.6. The van der Waals surface area contributed by atoms with E-state index in [2.05, 4.69) is 13.8 Å². The molecule has 0 unspecified atom stereocenters. The third kappa shape index (κ3) is 5.66. The Morgan fingerprint density at radius 1 is 0.826 bits per heavy atom. The Morgan fingerprint density at radius 2 is 1.59 bits per heavy atom. The fraction of sp³-hybridized carbons (Fsp3) is 0.270. The summed E-state index contributed by atoms with van der Waals surface area (Å²) in [5.41, 5.74) is 5.49. The molecule has 2 heterocycles. The van der Waals surface area contributed by atoms with Gasteiger partial charge in [0, 0.05) is 18.5 Å². The van der Waals surface area contributed by atoms with Crippen molar-refractivity contribution in [2.75, 3.05) is 0 Å². The molecule has 1 N–H and O–H groups in total. The number of rotatable bonds is 10. The van der Waals surface area contributed by atoms with Gasteiger partial charge in [-0.2, -0.15) is 13.2 Å². The molecule has 46 heavy (non-hydrogen) atoms. The molecule has 0 radical (unpaired) electrons. The minimum absolute atomic E-state index is 0.227. The first kappa shape index (κ1) is 31.1. The number of hydrogen-bond donors (Lipinski definition) is 1. The van der Waals surface area contributed by atoms with Crippen LogP contribution in [0.4, 0.5) is 13.2 Å². The highest BCUT2D eigenvalue weighted by Crippen LogP contribution is 2.36. The largest absolute Gasteiger partial charge is 0.478 e. The molecule has 0 atom stereocenters. The minimum atomic E-state index is -4.47. The number of benzene rings is 4. The molecule has 6 nitrogen and oxygen atoms in total. The number of aryl methyl sites for hydroxylation is 2. The Hall–Kier alpha value is -4.92. The lowest BCUT2D eigenvalue weighted by Gasteiger charge is -2.17. The molecule has 0 aliphatic carbocycles. The van der Waals surface area contributed by atoms with Gasteiger partial charge in [-0.1, -0.05) is 63.1 Å². The van der Waals surface area contributed by atoms with E-state index in [0.717, 1.165) is 71.5 Å².